The van der Waals surface area contributed by atoms with Gasteiger partial charge in [-0.25, -0.2) is 4.98 Å². The van der Waals surface area contributed by atoms with Crippen LogP contribution in [0.4, 0.5) is 0 Å². The molecule has 12 rings (SSSR count). The molecule has 53 heavy (non-hydrogen) atoms. The number of nitrogens with zero attached hydrogens (tertiary/aromatic N) is 4. The fourth-order valence-corrected chi connectivity index (χ4v) is 11.1. The molecule has 0 amide bonds. The molecule has 0 radical (unpaired) electrons. The summed E-state index contributed by atoms with van der Waals surface area (Å²) >= 11 is 3.75. The number of hydrogen-bond donors (Lipinski definition) is 0. The Morgan fingerprint density at radius 1 is 0.415 bits per heavy atom. The van der Waals surface area contributed by atoms with E-state index < -0.39 is 0 Å². The van der Waals surface area contributed by atoms with Crippen LogP contribution in [0.25, 0.3) is 66.6 Å². The summed E-state index contributed by atoms with van der Waals surface area (Å²) in [5, 5.41) is 4.78. The smallest absolute Gasteiger partial charge is 0.247 e. The molecule has 0 fully saturated rings. The van der Waals surface area contributed by atoms with Crippen LogP contribution in [0.3, 0.4) is 0 Å². The first-order valence-corrected chi connectivity index (χ1v) is 19.5. The minimum absolute atomic E-state index is 0.204. The molecule has 5 heterocycles. The lowest BCUT2D eigenvalue weighted by Crippen LogP contribution is -2.57. The van der Waals surface area contributed by atoms with Gasteiger partial charge in [0.05, 0.1) is 27.8 Å². The van der Waals surface area contributed by atoms with Gasteiger partial charge in [-0.15, -0.1) is 0 Å². The number of para-hydroxylation sites is 4. The standard InChI is InChI=1S/C46H27BN4S2/c1-7-19-36-29(13-1)30-14-2-8-20-37(30)50(36)44-27-35(48-46(49-44)51-38-21-9-3-15-31(38)32-16-4-10-22-39(32)51)28-25-42-45-43(26-28)53-41-24-12-6-18-34(41)47(45)33-17-5-11-23-40(33)52-42/h1-27H. The molecular formula is C46H27BN4S2. The summed E-state index contributed by atoms with van der Waals surface area (Å²) in [4.78, 5) is 16.2. The molecule has 10 aromatic rings. The Labute approximate surface area is 314 Å². The molecule has 3 aromatic heterocycles. The lowest BCUT2D eigenvalue weighted by Gasteiger charge is -2.33. The topological polar surface area (TPSA) is 35.6 Å². The van der Waals surface area contributed by atoms with Crippen molar-refractivity contribution in [2.75, 3.05) is 0 Å². The van der Waals surface area contributed by atoms with Crippen molar-refractivity contribution in [1.29, 1.82) is 0 Å². The van der Waals surface area contributed by atoms with E-state index in [0.717, 1.165) is 39.1 Å². The highest BCUT2D eigenvalue weighted by molar-refractivity contribution is 8.01. The van der Waals surface area contributed by atoms with E-state index in [4.69, 9.17) is 9.97 Å². The third kappa shape index (κ3) is 4.29. The van der Waals surface area contributed by atoms with Gasteiger partial charge in [0.25, 0.3) is 0 Å². The molecule has 2 aliphatic heterocycles. The van der Waals surface area contributed by atoms with Gasteiger partial charge >= 0.3 is 0 Å². The van der Waals surface area contributed by atoms with Gasteiger partial charge in [0, 0.05) is 52.8 Å². The predicted octanol–water partition coefficient (Wildman–Crippen LogP) is 9.78. The van der Waals surface area contributed by atoms with E-state index in [9.17, 15) is 0 Å². The van der Waals surface area contributed by atoms with Gasteiger partial charge in [-0.2, -0.15) is 4.98 Å². The van der Waals surface area contributed by atoms with Crippen LogP contribution >= 0.6 is 23.5 Å². The molecule has 0 saturated carbocycles. The van der Waals surface area contributed by atoms with Crippen molar-refractivity contribution in [2.45, 2.75) is 19.6 Å². The van der Waals surface area contributed by atoms with Crippen LogP contribution < -0.4 is 16.4 Å². The SMILES string of the molecule is c1ccc2c(c1)Sc1cc(-c3cc(-n4c5ccccc5c5ccccc54)nc(-n4c5ccccc5c5ccccc54)n3)cc3c1B2c1ccccc1S3. The maximum Gasteiger partial charge on any atom is 0.247 e. The van der Waals surface area contributed by atoms with E-state index in [1.165, 1.54) is 57.5 Å². The highest BCUT2D eigenvalue weighted by Crippen LogP contribution is 2.42. The number of rotatable bonds is 3. The number of aromatic nitrogens is 4. The average molecular weight is 711 g/mol. The molecular weight excluding hydrogens is 683 g/mol. The van der Waals surface area contributed by atoms with Crippen LogP contribution in [0.1, 0.15) is 0 Å². The van der Waals surface area contributed by atoms with Crippen LogP contribution in [0.15, 0.2) is 183 Å². The van der Waals surface area contributed by atoms with E-state index in [0.29, 0.717) is 5.95 Å². The Balaban J connectivity index is 1.16. The zero-order chi connectivity index (χ0) is 34.6. The summed E-state index contributed by atoms with van der Waals surface area (Å²) < 4.78 is 4.54. The molecule has 246 valence electrons. The Morgan fingerprint density at radius 2 is 0.849 bits per heavy atom. The summed E-state index contributed by atoms with van der Waals surface area (Å²) in [6.07, 6.45) is 0. The number of hydrogen-bond acceptors (Lipinski definition) is 4. The summed E-state index contributed by atoms with van der Waals surface area (Å²) in [7, 11) is 0. The van der Waals surface area contributed by atoms with Crippen molar-refractivity contribution in [2.24, 2.45) is 0 Å². The summed E-state index contributed by atoms with van der Waals surface area (Å²) in [5.41, 5.74) is 10.6. The van der Waals surface area contributed by atoms with Gasteiger partial charge in [-0.3, -0.25) is 9.13 Å². The Bertz CT molecular complexity index is 2850. The highest BCUT2D eigenvalue weighted by atomic mass is 32.2. The van der Waals surface area contributed by atoms with Gasteiger partial charge in [0.1, 0.15) is 5.82 Å². The summed E-state index contributed by atoms with van der Waals surface area (Å²) in [6, 6.07) is 59.2. The van der Waals surface area contributed by atoms with Crippen LogP contribution in [-0.2, 0) is 0 Å². The Morgan fingerprint density at radius 3 is 1.36 bits per heavy atom. The van der Waals surface area contributed by atoms with Crippen molar-refractivity contribution in [3.8, 4) is 23.0 Å². The molecule has 0 bridgehead atoms. The molecule has 0 N–H and O–H groups in total. The lowest BCUT2D eigenvalue weighted by molar-refractivity contribution is 0.951. The number of fused-ring (bicyclic) bond motifs is 10. The van der Waals surface area contributed by atoms with Crippen molar-refractivity contribution < 1.29 is 0 Å². The second-order valence-corrected chi connectivity index (χ2v) is 15.9. The molecule has 7 heteroatoms. The quantitative estimate of drug-likeness (QED) is 0.171. The van der Waals surface area contributed by atoms with E-state index in [-0.39, 0.29) is 6.71 Å². The normalized spacial score (nSPS) is 13.1. The molecule has 2 aliphatic rings. The van der Waals surface area contributed by atoms with Gasteiger partial charge < -0.3 is 0 Å². The summed E-state index contributed by atoms with van der Waals surface area (Å²) in [5.74, 6) is 1.49. The maximum atomic E-state index is 5.49. The molecule has 0 aliphatic carbocycles. The van der Waals surface area contributed by atoms with E-state index in [1.807, 2.05) is 23.5 Å². The zero-order valence-corrected chi connectivity index (χ0v) is 29.9. The van der Waals surface area contributed by atoms with Crippen molar-refractivity contribution in [3.63, 3.8) is 0 Å². The maximum absolute atomic E-state index is 5.49. The lowest BCUT2D eigenvalue weighted by atomic mass is 9.36. The molecule has 4 nitrogen and oxygen atoms in total. The average Bonchev–Trinajstić information content (AvgIpc) is 3.74. The van der Waals surface area contributed by atoms with E-state index in [1.54, 1.807) is 0 Å². The van der Waals surface area contributed by atoms with Gasteiger partial charge in [0.2, 0.25) is 12.7 Å². The van der Waals surface area contributed by atoms with E-state index in [2.05, 4.69) is 173 Å². The molecule has 7 aromatic carbocycles. The Kier molecular flexibility index (Phi) is 6.27. The first kappa shape index (κ1) is 29.6. The second kappa shape index (κ2) is 11.2. The van der Waals surface area contributed by atoms with Crippen molar-refractivity contribution >= 4 is 90.2 Å². The van der Waals surface area contributed by atoms with Crippen LogP contribution in [0.5, 0.6) is 0 Å². The van der Waals surface area contributed by atoms with Gasteiger partial charge in [-0.1, -0.05) is 144 Å². The van der Waals surface area contributed by atoms with Crippen LogP contribution in [0, 0.1) is 0 Å². The van der Waals surface area contributed by atoms with Crippen molar-refractivity contribution in [1.82, 2.24) is 19.1 Å². The first-order chi connectivity index (χ1) is 26.3. The Hall–Kier alpha value is -6.02. The predicted molar refractivity (Wildman–Crippen MR) is 222 cm³/mol. The molecule has 0 spiro atoms. The molecule has 0 atom stereocenters. The highest BCUT2D eigenvalue weighted by Gasteiger charge is 2.38. The minimum atomic E-state index is 0.204. The first-order valence-electron chi connectivity index (χ1n) is 17.9. The van der Waals surface area contributed by atoms with E-state index >= 15 is 0 Å². The second-order valence-electron chi connectivity index (χ2n) is 13.7. The number of benzene rings is 7. The zero-order valence-electron chi connectivity index (χ0n) is 28.3. The monoisotopic (exact) mass is 710 g/mol. The summed E-state index contributed by atoms with van der Waals surface area (Å²) in [6.45, 7) is 0.204. The van der Waals surface area contributed by atoms with Crippen LogP contribution in [0.2, 0.25) is 0 Å². The van der Waals surface area contributed by atoms with Gasteiger partial charge in [0.15, 0.2) is 0 Å². The fourth-order valence-electron chi connectivity index (χ4n) is 8.63. The fraction of sp³-hybridized carbons (Fsp3) is 0. The third-order valence-corrected chi connectivity index (χ3v) is 13.2. The van der Waals surface area contributed by atoms with Crippen LogP contribution in [-0.4, -0.2) is 25.8 Å². The third-order valence-electron chi connectivity index (χ3n) is 10.9. The largest absolute Gasteiger partial charge is 0.294 e. The van der Waals surface area contributed by atoms with Crippen molar-refractivity contribution in [3.05, 3.63) is 164 Å². The molecule has 0 saturated heterocycles. The molecule has 0 unspecified atom stereocenters. The minimum Gasteiger partial charge on any atom is -0.294 e. The van der Waals surface area contributed by atoms with Gasteiger partial charge in [-0.05, 0) is 54.0 Å².